The zero-order valence-electron chi connectivity index (χ0n) is 10.0. The third kappa shape index (κ3) is 2.42. The van der Waals surface area contributed by atoms with Crippen molar-refractivity contribution in [1.82, 2.24) is 15.1 Å². The lowest BCUT2D eigenvalue weighted by Crippen LogP contribution is -2.37. The summed E-state index contributed by atoms with van der Waals surface area (Å²) in [6.45, 7) is 5.46. The van der Waals surface area contributed by atoms with E-state index in [1.165, 1.54) is 18.4 Å². The number of nitrogens with zero attached hydrogens (tertiary/aromatic N) is 2. The van der Waals surface area contributed by atoms with Crippen LogP contribution in [0.1, 0.15) is 24.8 Å². The number of hydrogen-bond acceptors (Lipinski definition) is 3. The standard InChI is InChI=1S/C13H19N3O/c1-2-16-9-10(8-15-16)7-14-12-5-6-17-13(12)11-3-4-11/h2,8-9,11-14H,1,3-7H2. The minimum atomic E-state index is 0.449. The molecule has 0 bridgehead atoms. The third-order valence-corrected chi connectivity index (χ3v) is 3.63. The predicted octanol–water partition coefficient (Wildman–Crippen LogP) is 1.64. The maximum atomic E-state index is 5.80. The fraction of sp³-hybridized carbons (Fsp3) is 0.615. The number of rotatable bonds is 5. The Labute approximate surface area is 102 Å². The molecule has 2 unspecified atom stereocenters. The van der Waals surface area contributed by atoms with Gasteiger partial charge in [0.15, 0.2) is 0 Å². The van der Waals surface area contributed by atoms with E-state index in [1.54, 1.807) is 10.9 Å². The van der Waals surface area contributed by atoms with Gasteiger partial charge in [0.25, 0.3) is 0 Å². The minimum absolute atomic E-state index is 0.449. The van der Waals surface area contributed by atoms with Crippen LogP contribution in [-0.4, -0.2) is 28.5 Å². The van der Waals surface area contributed by atoms with Crippen LogP contribution in [0, 0.1) is 5.92 Å². The number of ether oxygens (including phenoxy) is 1. The first-order chi connectivity index (χ1) is 8.36. The van der Waals surface area contributed by atoms with Gasteiger partial charge < -0.3 is 10.1 Å². The predicted molar refractivity (Wildman–Crippen MR) is 66.3 cm³/mol. The lowest BCUT2D eigenvalue weighted by molar-refractivity contribution is 0.0809. The summed E-state index contributed by atoms with van der Waals surface area (Å²) in [7, 11) is 0. The summed E-state index contributed by atoms with van der Waals surface area (Å²) >= 11 is 0. The minimum Gasteiger partial charge on any atom is -0.376 e. The monoisotopic (exact) mass is 233 g/mol. The SMILES string of the molecule is C=Cn1cc(CNC2CCOC2C2CC2)cn1. The highest BCUT2D eigenvalue weighted by Crippen LogP contribution is 2.38. The van der Waals surface area contributed by atoms with Crippen molar-refractivity contribution in [2.75, 3.05) is 6.61 Å². The normalized spacial score (nSPS) is 28.5. The van der Waals surface area contributed by atoms with E-state index in [4.69, 9.17) is 4.74 Å². The average molecular weight is 233 g/mol. The molecule has 1 N–H and O–H groups in total. The van der Waals surface area contributed by atoms with Crippen LogP contribution in [0.2, 0.25) is 0 Å². The first-order valence-corrected chi connectivity index (χ1v) is 6.37. The number of nitrogens with one attached hydrogen (secondary N) is 1. The van der Waals surface area contributed by atoms with Crippen LogP contribution in [0.25, 0.3) is 6.20 Å². The maximum Gasteiger partial charge on any atom is 0.0757 e. The van der Waals surface area contributed by atoms with Crippen LogP contribution in [0.4, 0.5) is 0 Å². The molecule has 0 amide bonds. The second-order valence-electron chi connectivity index (χ2n) is 4.96. The number of aromatic nitrogens is 2. The summed E-state index contributed by atoms with van der Waals surface area (Å²) in [5, 5.41) is 7.77. The van der Waals surface area contributed by atoms with E-state index in [-0.39, 0.29) is 0 Å². The van der Waals surface area contributed by atoms with Crippen molar-refractivity contribution in [2.24, 2.45) is 5.92 Å². The molecule has 1 saturated carbocycles. The van der Waals surface area contributed by atoms with Gasteiger partial charge in [-0.2, -0.15) is 5.10 Å². The van der Waals surface area contributed by atoms with Gasteiger partial charge in [-0.05, 0) is 25.2 Å². The Morgan fingerprint density at radius 1 is 1.53 bits per heavy atom. The first kappa shape index (κ1) is 11.0. The van der Waals surface area contributed by atoms with E-state index in [0.29, 0.717) is 12.1 Å². The Balaban J connectivity index is 1.54. The molecular weight excluding hydrogens is 214 g/mol. The average Bonchev–Trinajstić information content (AvgIpc) is 2.93. The molecule has 1 aliphatic carbocycles. The summed E-state index contributed by atoms with van der Waals surface area (Å²) in [5.74, 6) is 0.811. The van der Waals surface area contributed by atoms with Crippen molar-refractivity contribution in [3.63, 3.8) is 0 Å². The Bertz CT molecular complexity index is 397. The molecule has 4 nitrogen and oxygen atoms in total. The van der Waals surface area contributed by atoms with E-state index in [0.717, 1.165) is 25.5 Å². The van der Waals surface area contributed by atoms with Gasteiger partial charge in [-0.25, -0.2) is 4.68 Å². The van der Waals surface area contributed by atoms with E-state index < -0.39 is 0 Å². The zero-order valence-corrected chi connectivity index (χ0v) is 10.0. The fourth-order valence-electron chi connectivity index (χ4n) is 2.54. The smallest absolute Gasteiger partial charge is 0.0757 e. The largest absolute Gasteiger partial charge is 0.376 e. The highest BCUT2D eigenvalue weighted by Gasteiger charge is 2.40. The molecule has 2 atom stereocenters. The van der Waals surface area contributed by atoms with Crippen LogP contribution < -0.4 is 5.32 Å². The van der Waals surface area contributed by atoms with Crippen LogP contribution in [0.3, 0.4) is 0 Å². The molecule has 1 aliphatic heterocycles. The lowest BCUT2D eigenvalue weighted by Gasteiger charge is -2.18. The van der Waals surface area contributed by atoms with Gasteiger partial charge in [-0.3, -0.25) is 0 Å². The molecule has 0 radical (unpaired) electrons. The Morgan fingerprint density at radius 3 is 3.12 bits per heavy atom. The molecule has 17 heavy (non-hydrogen) atoms. The van der Waals surface area contributed by atoms with Crippen molar-refractivity contribution < 1.29 is 4.74 Å². The summed E-state index contributed by atoms with van der Waals surface area (Å²) in [6.07, 6.45) is 9.86. The zero-order chi connectivity index (χ0) is 11.7. The molecular formula is C13H19N3O. The topological polar surface area (TPSA) is 39.1 Å². The second-order valence-corrected chi connectivity index (χ2v) is 4.96. The molecule has 1 aromatic heterocycles. The van der Waals surface area contributed by atoms with Crippen molar-refractivity contribution in [1.29, 1.82) is 0 Å². The van der Waals surface area contributed by atoms with Gasteiger partial charge in [0.1, 0.15) is 0 Å². The number of hydrogen-bond donors (Lipinski definition) is 1. The van der Waals surface area contributed by atoms with Gasteiger partial charge in [0.05, 0.1) is 12.3 Å². The highest BCUT2D eigenvalue weighted by atomic mass is 16.5. The van der Waals surface area contributed by atoms with Gasteiger partial charge >= 0.3 is 0 Å². The lowest BCUT2D eigenvalue weighted by atomic mass is 10.1. The molecule has 1 aromatic rings. The molecule has 2 fully saturated rings. The van der Waals surface area contributed by atoms with Crippen LogP contribution in [0.15, 0.2) is 19.0 Å². The molecule has 3 rings (SSSR count). The summed E-state index contributed by atoms with van der Waals surface area (Å²) < 4.78 is 7.54. The second kappa shape index (κ2) is 4.63. The van der Waals surface area contributed by atoms with E-state index in [2.05, 4.69) is 17.0 Å². The third-order valence-electron chi connectivity index (χ3n) is 3.63. The Kier molecular flexibility index (Phi) is 2.99. The molecule has 92 valence electrons. The molecule has 2 aliphatic rings. The van der Waals surface area contributed by atoms with Crippen molar-refractivity contribution >= 4 is 6.20 Å². The van der Waals surface area contributed by atoms with Crippen LogP contribution >= 0.6 is 0 Å². The van der Waals surface area contributed by atoms with Gasteiger partial charge in [-0.15, -0.1) is 0 Å². The van der Waals surface area contributed by atoms with Crippen LogP contribution in [-0.2, 0) is 11.3 Å². The first-order valence-electron chi connectivity index (χ1n) is 6.37. The Morgan fingerprint density at radius 2 is 2.41 bits per heavy atom. The molecule has 2 heterocycles. The molecule has 1 saturated heterocycles. The van der Waals surface area contributed by atoms with E-state index in [1.807, 2.05) is 12.4 Å². The molecule has 4 heteroatoms. The van der Waals surface area contributed by atoms with E-state index in [9.17, 15) is 0 Å². The highest BCUT2D eigenvalue weighted by molar-refractivity contribution is 5.17. The molecule has 0 aromatic carbocycles. The van der Waals surface area contributed by atoms with Crippen molar-refractivity contribution in [3.8, 4) is 0 Å². The summed E-state index contributed by atoms with van der Waals surface area (Å²) in [4.78, 5) is 0. The molecule has 0 spiro atoms. The maximum absolute atomic E-state index is 5.80. The van der Waals surface area contributed by atoms with Gasteiger partial charge in [0, 0.05) is 37.2 Å². The fourth-order valence-corrected chi connectivity index (χ4v) is 2.54. The quantitative estimate of drug-likeness (QED) is 0.840. The Hall–Kier alpha value is -1.13. The summed E-state index contributed by atoms with van der Waals surface area (Å²) in [6, 6.07) is 0.523. The van der Waals surface area contributed by atoms with Crippen molar-refractivity contribution in [3.05, 3.63) is 24.5 Å². The van der Waals surface area contributed by atoms with Crippen molar-refractivity contribution in [2.45, 2.75) is 38.0 Å². The van der Waals surface area contributed by atoms with E-state index >= 15 is 0 Å². The van der Waals surface area contributed by atoms with Gasteiger partial charge in [-0.1, -0.05) is 6.58 Å². The summed E-state index contributed by atoms with van der Waals surface area (Å²) in [5.41, 5.74) is 1.20. The van der Waals surface area contributed by atoms with Gasteiger partial charge in [0.2, 0.25) is 0 Å². The van der Waals surface area contributed by atoms with Crippen LogP contribution in [0.5, 0.6) is 0 Å².